The summed E-state index contributed by atoms with van der Waals surface area (Å²) in [6.45, 7) is 13.9. The van der Waals surface area contributed by atoms with Gasteiger partial charge in [0, 0.05) is 28.9 Å². The van der Waals surface area contributed by atoms with Gasteiger partial charge in [-0.15, -0.1) is 0 Å². The van der Waals surface area contributed by atoms with Gasteiger partial charge in [0.05, 0.1) is 7.11 Å². The number of methoxy groups -OCH3 is 1. The zero-order chi connectivity index (χ0) is 23.9. The van der Waals surface area contributed by atoms with E-state index in [4.69, 9.17) is 14.2 Å². The number of rotatable bonds is 1. The Hall–Kier alpha value is -2.37. The van der Waals surface area contributed by atoms with Gasteiger partial charge in [-0.25, -0.2) is 9.59 Å². The third kappa shape index (κ3) is 2.87. The van der Waals surface area contributed by atoms with E-state index in [0.717, 1.165) is 12.8 Å². The van der Waals surface area contributed by atoms with Crippen LogP contribution in [0.3, 0.4) is 0 Å². The number of allylic oxidation sites excluding steroid dienone is 3. The van der Waals surface area contributed by atoms with E-state index in [0.29, 0.717) is 23.3 Å². The monoisotopic (exact) mass is 442 g/mol. The Bertz CT molecular complexity index is 1010. The molecule has 1 saturated carbocycles. The van der Waals surface area contributed by atoms with Gasteiger partial charge < -0.3 is 14.2 Å². The molecule has 5 atom stereocenters. The van der Waals surface area contributed by atoms with Gasteiger partial charge in [0.15, 0.2) is 5.78 Å². The van der Waals surface area contributed by atoms with Gasteiger partial charge in [-0.1, -0.05) is 13.0 Å². The Labute approximate surface area is 190 Å². The third-order valence-corrected chi connectivity index (χ3v) is 8.90. The fourth-order valence-electron chi connectivity index (χ4n) is 7.06. The fraction of sp³-hybridized carbons (Fsp3) is 0.654. The standard InChI is InChI=1S/C26H34O6/c1-14-20(28)19(22(29)30-8)15(2)25(6)13-17-24(5)11-10-18(27)31-23(3,4)16(24)9-12-26(17,7)32-21(14)25/h10-11,16-17H,9,12-13H2,1-8H3/t16-,17-,24-,25-,26-/m0/s1. The van der Waals surface area contributed by atoms with E-state index in [1.165, 1.54) is 7.11 Å². The van der Waals surface area contributed by atoms with E-state index in [1.54, 1.807) is 13.0 Å². The molecule has 0 aromatic rings. The second-order valence-electron chi connectivity index (χ2n) is 11.1. The van der Waals surface area contributed by atoms with E-state index in [-0.39, 0.29) is 34.6 Å². The summed E-state index contributed by atoms with van der Waals surface area (Å²) in [4.78, 5) is 38.0. The first-order valence-electron chi connectivity index (χ1n) is 11.4. The molecule has 0 amide bonds. The molecule has 0 aromatic heterocycles. The molecular weight excluding hydrogens is 408 g/mol. The number of cyclic esters (lactones) is 1. The Balaban J connectivity index is 1.89. The zero-order valence-corrected chi connectivity index (χ0v) is 20.4. The summed E-state index contributed by atoms with van der Waals surface area (Å²) in [5.74, 6) is -0.427. The molecule has 4 aliphatic rings. The minimum absolute atomic E-state index is 0.0439. The lowest BCUT2D eigenvalue weighted by Crippen LogP contribution is -2.62. The first kappa shape index (κ1) is 22.8. The average Bonchev–Trinajstić information content (AvgIpc) is 2.79. The van der Waals surface area contributed by atoms with Crippen molar-refractivity contribution >= 4 is 17.7 Å². The summed E-state index contributed by atoms with van der Waals surface area (Å²) in [7, 11) is 1.30. The van der Waals surface area contributed by atoms with Crippen LogP contribution >= 0.6 is 0 Å². The highest BCUT2D eigenvalue weighted by Crippen LogP contribution is 2.65. The maximum Gasteiger partial charge on any atom is 0.341 e. The van der Waals surface area contributed by atoms with Gasteiger partial charge in [0.1, 0.15) is 22.5 Å². The smallest absolute Gasteiger partial charge is 0.341 e. The van der Waals surface area contributed by atoms with E-state index >= 15 is 0 Å². The second-order valence-corrected chi connectivity index (χ2v) is 11.1. The Kier molecular flexibility index (Phi) is 4.86. The first-order valence-corrected chi connectivity index (χ1v) is 11.4. The van der Waals surface area contributed by atoms with Crippen LogP contribution < -0.4 is 0 Å². The molecule has 0 spiro atoms. The van der Waals surface area contributed by atoms with Crippen LogP contribution in [0.5, 0.6) is 0 Å². The van der Waals surface area contributed by atoms with Crippen molar-refractivity contribution in [3.63, 3.8) is 0 Å². The van der Waals surface area contributed by atoms with Crippen molar-refractivity contribution in [2.24, 2.45) is 22.7 Å². The molecule has 0 N–H and O–H groups in total. The predicted molar refractivity (Wildman–Crippen MR) is 118 cm³/mol. The zero-order valence-electron chi connectivity index (χ0n) is 20.4. The van der Waals surface area contributed by atoms with Crippen LogP contribution in [-0.2, 0) is 28.6 Å². The topological polar surface area (TPSA) is 78.9 Å². The van der Waals surface area contributed by atoms with Gasteiger partial charge in [0.25, 0.3) is 0 Å². The molecule has 2 aliphatic carbocycles. The Morgan fingerprint density at radius 1 is 1.06 bits per heavy atom. The van der Waals surface area contributed by atoms with Gasteiger partial charge in [-0.3, -0.25) is 4.79 Å². The summed E-state index contributed by atoms with van der Waals surface area (Å²) in [5, 5.41) is 0. The van der Waals surface area contributed by atoms with E-state index < -0.39 is 22.6 Å². The molecule has 1 saturated heterocycles. The van der Waals surface area contributed by atoms with Crippen molar-refractivity contribution in [2.75, 3.05) is 7.11 Å². The number of fused-ring (bicyclic) bond motifs is 4. The largest absolute Gasteiger partial charge is 0.490 e. The lowest BCUT2D eigenvalue weighted by Gasteiger charge is -2.62. The summed E-state index contributed by atoms with van der Waals surface area (Å²) in [6.07, 6.45) is 5.89. The number of carbonyl (C=O) groups excluding carboxylic acids is 3. The SMILES string of the molecule is COC(=O)C1=C(C)[C@]2(C)C[C@H]3[C@@]4(C)C=CC(=O)OC(C)(C)[C@@H]4CC[C@]3(C)OC2=C(C)C1=O. The molecule has 0 bridgehead atoms. The van der Waals surface area contributed by atoms with E-state index in [9.17, 15) is 14.4 Å². The second kappa shape index (κ2) is 6.82. The van der Waals surface area contributed by atoms with Crippen LogP contribution in [-0.4, -0.2) is 36.0 Å². The quantitative estimate of drug-likeness (QED) is 0.441. The molecule has 4 rings (SSSR count). The molecule has 6 heteroatoms. The molecule has 6 nitrogen and oxygen atoms in total. The lowest BCUT2D eigenvalue weighted by atomic mass is 9.48. The van der Waals surface area contributed by atoms with Crippen LogP contribution in [0.25, 0.3) is 0 Å². The molecule has 2 aliphatic heterocycles. The summed E-state index contributed by atoms with van der Waals surface area (Å²) < 4.78 is 17.5. The average molecular weight is 443 g/mol. The highest BCUT2D eigenvalue weighted by Gasteiger charge is 2.64. The van der Waals surface area contributed by atoms with Gasteiger partial charge >= 0.3 is 11.9 Å². The van der Waals surface area contributed by atoms with Crippen molar-refractivity contribution in [3.05, 3.63) is 34.6 Å². The number of ketones is 1. The molecule has 0 radical (unpaired) electrons. The van der Waals surface area contributed by atoms with Crippen molar-refractivity contribution in [1.82, 2.24) is 0 Å². The van der Waals surface area contributed by atoms with Crippen LogP contribution in [0, 0.1) is 22.7 Å². The van der Waals surface area contributed by atoms with Crippen LogP contribution in [0.2, 0.25) is 0 Å². The van der Waals surface area contributed by atoms with E-state index in [2.05, 4.69) is 20.8 Å². The van der Waals surface area contributed by atoms with Crippen molar-refractivity contribution in [3.8, 4) is 0 Å². The van der Waals surface area contributed by atoms with Gasteiger partial charge in [-0.2, -0.15) is 0 Å². The fourth-order valence-corrected chi connectivity index (χ4v) is 7.06. The number of hydrogen-bond acceptors (Lipinski definition) is 6. The highest BCUT2D eigenvalue weighted by atomic mass is 16.6. The van der Waals surface area contributed by atoms with Crippen molar-refractivity contribution in [2.45, 2.75) is 78.9 Å². The number of esters is 2. The lowest BCUT2D eigenvalue weighted by molar-refractivity contribution is -0.201. The Morgan fingerprint density at radius 2 is 1.72 bits per heavy atom. The maximum absolute atomic E-state index is 13.1. The molecule has 0 unspecified atom stereocenters. The van der Waals surface area contributed by atoms with Crippen LogP contribution in [0.15, 0.2) is 34.6 Å². The summed E-state index contributed by atoms with van der Waals surface area (Å²) in [5.41, 5.74) is -0.833. The number of hydrogen-bond donors (Lipinski definition) is 0. The molecule has 0 aromatic carbocycles. The van der Waals surface area contributed by atoms with Crippen molar-refractivity contribution in [1.29, 1.82) is 0 Å². The minimum Gasteiger partial charge on any atom is -0.490 e. The number of carbonyl (C=O) groups is 3. The van der Waals surface area contributed by atoms with Gasteiger partial charge in [0.2, 0.25) is 0 Å². The molecule has 2 fully saturated rings. The molecule has 32 heavy (non-hydrogen) atoms. The van der Waals surface area contributed by atoms with Gasteiger partial charge in [-0.05, 0) is 71.8 Å². The summed E-state index contributed by atoms with van der Waals surface area (Å²) in [6, 6.07) is 0. The van der Waals surface area contributed by atoms with Crippen LogP contribution in [0.4, 0.5) is 0 Å². The number of Topliss-reactive ketones (excluding diaryl/α,β-unsaturated/α-hetero) is 1. The van der Waals surface area contributed by atoms with E-state index in [1.807, 2.05) is 26.8 Å². The predicted octanol–water partition coefficient (Wildman–Crippen LogP) is 4.44. The van der Waals surface area contributed by atoms with Crippen LogP contribution in [0.1, 0.15) is 67.7 Å². The third-order valence-electron chi connectivity index (χ3n) is 8.90. The maximum atomic E-state index is 13.1. The molecule has 2 heterocycles. The minimum atomic E-state index is -0.619. The Morgan fingerprint density at radius 3 is 2.34 bits per heavy atom. The first-order chi connectivity index (χ1) is 14.7. The van der Waals surface area contributed by atoms with Crippen molar-refractivity contribution < 1.29 is 28.6 Å². The summed E-state index contributed by atoms with van der Waals surface area (Å²) >= 11 is 0. The molecular formula is C26H34O6. The molecule has 174 valence electrons. The normalized spacial score (nSPS) is 40.5. The highest BCUT2D eigenvalue weighted by molar-refractivity contribution is 6.25. The number of ether oxygens (including phenoxy) is 3.